The van der Waals surface area contributed by atoms with Crippen molar-refractivity contribution in [3.8, 4) is 0 Å². The number of aromatic nitrogens is 2. The highest BCUT2D eigenvalue weighted by Gasteiger charge is 2.37. The summed E-state index contributed by atoms with van der Waals surface area (Å²) in [6.07, 6.45) is 7.98. The molecule has 2 fully saturated rings. The Morgan fingerprint density at radius 1 is 1.24 bits per heavy atom. The lowest BCUT2D eigenvalue weighted by Crippen LogP contribution is -2.41. The summed E-state index contributed by atoms with van der Waals surface area (Å²) in [5.41, 5.74) is 6.10. The molecule has 0 bridgehead atoms. The molecule has 0 unspecified atom stereocenters. The summed E-state index contributed by atoms with van der Waals surface area (Å²) in [7, 11) is 0. The average molecular weight is 235 g/mol. The van der Waals surface area contributed by atoms with Gasteiger partial charge in [0.05, 0.1) is 5.54 Å². The van der Waals surface area contributed by atoms with Crippen molar-refractivity contribution < 1.29 is 4.52 Å². The Balaban J connectivity index is 1.76. The van der Waals surface area contributed by atoms with Crippen molar-refractivity contribution in [2.75, 3.05) is 0 Å². The minimum atomic E-state index is -0.335. The summed E-state index contributed by atoms with van der Waals surface area (Å²) in [5, 5.41) is 4.13. The van der Waals surface area contributed by atoms with Crippen LogP contribution in [0.25, 0.3) is 0 Å². The largest absolute Gasteiger partial charge is 0.339 e. The smallest absolute Gasteiger partial charge is 0.229 e. The number of hydrogen-bond donors (Lipinski definition) is 1. The van der Waals surface area contributed by atoms with E-state index < -0.39 is 0 Å². The first kappa shape index (κ1) is 11.2. The Bertz CT molecular complexity index is 389. The number of nitrogens with zero attached hydrogens (tertiary/aromatic N) is 2. The van der Waals surface area contributed by atoms with Crippen LogP contribution in [0.3, 0.4) is 0 Å². The van der Waals surface area contributed by atoms with E-state index in [1.165, 1.54) is 32.1 Å². The Morgan fingerprint density at radius 2 is 1.94 bits per heavy atom. The second kappa shape index (κ2) is 4.09. The van der Waals surface area contributed by atoms with E-state index in [1.54, 1.807) is 0 Å². The van der Waals surface area contributed by atoms with Crippen LogP contribution >= 0.6 is 0 Å². The van der Waals surface area contributed by atoms with E-state index in [0.717, 1.165) is 30.5 Å². The number of hydrogen-bond acceptors (Lipinski definition) is 4. The normalized spacial score (nSPS) is 34.6. The van der Waals surface area contributed by atoms with Gasteiger partial charge in [-0.1, -0.05) is 18.5 Å². The van der Waals surface area contributed by atoms with Gasteiger partial charge in [-0.2, -0.15) is 4.98 Å². The summed E-state index contributed by atoms with van der Waals surface area (Å²) in [5.74, 6) is 2.84. The molecule has 0 saturated heterocycles. The predicted molar refractivity (Wildman–Crippen MR) is 64.4 cm³/mol. The second-order valence-corrected chi connectivity index (χ2v) is 5.92. The lowest BCUT2D eigenvalue weighted by atomic mass is 9.77. The molecule has 1 aromatic heterocycles. The van der Waals surface area contributed by atoms with E-state index >= 15 is 0 Å². The lowest BCUT2D eigenvalue weighted by molar-refractivity contribution is 0.228. The number of rotatable bonds is 2. The minimum Gasteiger partial charge on any atom is -0.339 e. The molecule has 17 heavy (non-hydrogen) atoms. The zero-order valence-electron chi connectivity index (χ0n) is 10.5. The molecule has 94 valence electrons. The van der Waals surface area contributed by atoms with Gasteiger partial charge in [0.1, 0.15) is 0 Å². The third kappa shape index (κ3) is 1.99. The zero-order chi connectivity index (χ0) is 11.9. The van der Waals surface area contributed by atoms with Crippen LogP contribution in [-0.2, 0) is 5.54 Å². The van der Waals surface area contributed by atoms with Crippen molar-refractivity contribution in [3.63, 3.8) is 0 Å². The molecule has 4 heteroatoms. The van der Waals surface area contributed by atoms with E-state index in [4.69, 9.17) is 10.3 Å². The quantitative estimate of drug-likeness (QED) is 0.856. The van der Waals surface area contributed by atoms with Crippen molar-refractivity contribution in [1.82, 2.24) is 10.1 Å². The first-order chi connectivity index (χ1) is 8.17. The second-order valence-electron chi connectivity index (χ2n) is 5.92. The molecule has 3 rings (SSSR count). The summed E-state index contributed by atoms with van der Waals surface area (Å²) < 4.78 is 5.37. The van der Waals surface area contributed by atoms with E-state index in [1.807, 2.05) is 0 Å². The fourth-order valence-corrected chi connectivity index (χ4v) is 2.76. The molecule has 0 spiro atoms. The molecular formula is C13H21N3O. The fourth-order valence-electron chi connectivity index (χ4n) is 2.76. The zero-order valence-corrected chi connectivity index (χ0v) is 10.5. The summed E-state index contributed by atoms with van der Waals surface area (Å²) in [4.78, 5) is 4.55. The van der Waals surface area contributed by atoms with Crippen LogP contribution < -0.4 is 5.73 Å². The van der Waals surface area contributed by atoms with Crippen LogP contribution in [0.15, 0.2) is 4.52 Å². The van der Waals surface area contributed by atoms with Crippen LogP contribution in [0.4, 0.5) is 0 Å². The molecule has 0 amide bonds. The molecule has 0 atom stereocenters. The van der Waals surface area contributed by atoms with Crippen LogP contribution in [0.1, 0.15) is 69.5 Å². The van der Waals surface area contributed by atoms with E-state index in [9.17, 15) is 0 Å². The highest BCUT2D eigenvalue weighted by molar-refractivity contribution is 5.08. The van der Waals surface area contributed by atoms with Gasteiger partial charge in [-0.15, -0.1) is 0 Å². The molecule has 0 radical (unpaired) electrons. The average Bonchev–Trinajstić information content (AvgIpc) is 2.70. The maximum atomic E-state index is 6.43. The molecule has 0 aromatic carbocycles. The first-order valence-corrected chi connectivity index (χ1v) is 6.80. The third-order valence-electron chi connectivity index (χ3n) is 4.51. The first-order valence-electron chi connectivity index (χ1n) is 6.80. The van der Waals surface area contributed by atoms with Gasteiger partial charge >= 0.3 is 0 Å². The fraction of sp³-hybridized carbons (Fsp3) is 0.846. The van der Waals surface area contributed by atoms with Crippen LogP contribution in [0, 0.1) is 5.92 Å². The Hall–Kier alpha value is -0.900. The van der Waals surface area contributed by atoms with Crippen LogP contribution in [0.5, 0.6) is 0 Å². The maximum absolute atomic E-state index is 6.43. The van der Waals surface area contributed by atoms with Gasteiger partial charge in [0, 0.05) is 5.92 Å². The summed E-state index contributed by atoms with van der Waals surface area (Å²) >= 11 is 0. The third-order valence-corrected chi connectivity index (χ3v) is 4.51. The van der Waals surface area contributed by atoms with Crippen molar-refractivity contribution >= 4 is 0 Å². The highest BCUT2D eigenvalue weighted by atomic mass is 16.5. The van der Waals surface area contributed by atoms with Crippen LogP contribution in [0.2, 0.25) is 0 Å². The van der Waals surface area contributed by atoms with Crippen LogP contribution in [-0.4, -0.2) is 10.1 Å². The topological polar surface area (TPSA) is 64.9 Å². The molecule has 4 nitrogen and oxygen atoms in total. The van der Waals surface area contributed by atoms with Gasteiger partial charge in [0.25, 0.3) is 0 Å². The molecule has 1 aromatic rings. The van der Waals surface area contributed by atoms with Gasteiger partial charge in [0.15, 0.2) is 5.82 Å². The van der Waals surface area contributed by atoms with Crippen molar-refractivity contribution in [1.29, 1.82) is 0 Å². The van der Waals surface area contributed by atoms with Crippen molar-refractivity contribution in [3.05, 3.63) is 11.7 Å². The molecule has 2 saturated carbocycles. The van der Waals surface area contributed by atoms with Gasteiger partial charge < -0.3 is 10.3 Å². The monoisotopic (exact) mass is 235 g/mol. The highest BCUT2D eigenvalue weighted by Crippen LogP contribution is 2.39. The lowest BCUT2D eigenvalue weighted by Gasteiger charge is -2.33. The minimum absolute atomic E-state index is 0.335. The molecule has 1 heterocycles. The maximum Gasteiger partial charge on any atom is 0.229 e. The molecule has 2 aliphatic carbocycles. The van der Waals surface area contributed by atoms with E-state index in [2.05, 4.69) is 17.1 Å². The van der Waals surface area contributed by atoms with E-state index in [0.29, 0.717) is 5.92 Å². The van der Waals surface area contributed by atoms with E-state index in [-0.39, 0.29) is 5.54 Å². The molecule has 2 aliphatic rings. The predicted octanol–water partition coefficient (Wildman–Crippen LogP) is 2.70. The number of nitrogens with two attached hydrogens (primary N) is 1. The van der Waals surface area contributed by atoms with Gasteiger partial charge in [-0.3, -0.25) is 0 Å². The Morgan fingerprint density at radius 3 is 2.53 bits per heavy atom. The summed E-state index contributed by atoms with van der Waals surface area (Å²) in [6.45, 7) is 2.29. The Labute approximate surface area is 102 Å². The van der Waals surface area contributed by atoms with Crippen molar-refractivity contribution in [2.24, 2.45) is 11.7 Å². The SMILES string of the molecule is CC1CCC(N)(c2noc(C3CCC3)n2)CC1. The standard InChI is InChI=1S/C13H21N3O/c1-9-5-7-13(14,8-6-9)12-15-11(17-16-12)10-3-2-4-10/h9-10H,2-8,14H2,1H3. The van der Waals surface area contributed by atoms with Gasteiger partial charge in [-0.05, 0) is 44.4 Å². The molecule has 0 aliphatic heterocycles. The summed E-state index contributed by atoms with van der Waals surface area (Å²) in [6, 6.07) is 0. The van der Waals surface area contributed by atoms with Gasteiger partial charge in [-0.25, -0.2) is 0 Å². The molecular weight excluding hydrogens is 214 g/mol. The van der Waals surface area contributed by atoms with Crippen molar-refractivity contribution in [2.45, 2.75) is 63.3 Å². The van der Waals surface area contributed by atoms with Gasteiger partial charge in [0.2, 0.25) is 5.89 Å². The molecule has 2 N–H and O–H groups in total. The Kier molecular flexibility index (Phi) is 2.69.